The lowest BCUT2D eigenvalue weighted by atomic mass is 10.2. The Morgan fingerprint density at radius 1 is 1.20 bits per heavy atom. The molecule has 0 atom stereocenters. The van der Waals surface area contributed by atoms with Crippen LogP contribution in [0.15, 0.2) is 47.5 Å². The quantitative estimate of drug-likeness (QED) is 0.449. The fourth-order valence-electron chi connectivity index (χ4n) is 1.95. The van der Waals surface area contributed by atoms with Crippen LogP contribution in [0.2, 0.25) is 0 Å². The molecule has 130 valence electrons. The van der Waals surface area contributed by atoms with Crippen LogP contribution in [0.5, 0.6) is 11.5 Å². The number of carbonyl (C=O) groups excluding carboxylic acids is 1. The lowest BCUT2D eigenvalue weighted by Gasteiger charge is -2.11. The molecule has 1 amide bonds. The summed E-state index contributed by atoms with van der Waals surface area (Å²) in [6, 6.07) is 11.0. The highest BCUT2D eigenvalue weighted by Gasteiger charge is 2.07. The molecular formula is C17H17N3O5. The van der Waals surface area contributed by atoms with Gasteiger partial charge < -0.3 is 15.2 Å². The number of nitrogens with zero attached hydrogens (tertiary/aromatic N) is 2. The number of rotatable bonds is 8. The number of hydrogen-bond acceptors (Lipinski definition) is 6. The molecule has 2 aromatic carbocycles. The predicted octanol–water partition coefficient (Wildman–Crippen LogP) is 2.61. The number of nitro benzene ring substituents is 1. The van der Waals surface area contributed by atoms with Crippen LogP contribution in [0, 0.1) is 10.1 Å². The number of aliphatic imine (C=N–C) groups is 1. The van der Waals surface area contributed by atoms with E-state index in [-0.39, 0.29) is 12.3 Å². The molecule has 2 rings (SSSR count). The summed E-state index contributed by atoms with van der Waals surface area (Å²) in [5.41, 5.74) is 6.40. The molecule has 0 aliphatic heterocycles. The molecule has 2 aromatic rings. The Kier molecular flexibility index (Phi) is 6.05. The van der Waals surface area contributed by atoms with Crippen molar-refractivity contribution < 1.29 is 19.2 Å². The molecule has 8 nitrogen and oxygen atoms in total. The highest BCUT2D eigenvalue weighted by molar-refractivity contribution is 5.83. The van der Waals surface area contributed by atoms with Gasteiger partial charge in [-0.2, -0.15) is 0 Å². The second-order valence-electron chi connectivity index (χ2n) is 4.93. The predicted molar refractivity (Wildman–Crippen MR) is 92.7 cm³/mol. The summed E-state index contributed by atoms with van der Waals surface area (Å²) in [7, 11) is 0. The molecule has 0 saturated heterocycles. The number of amides is 1. The van der Waals surface area contributed by atoms with Gasteiger partial charge >= 0.3 is 0 Å². The second kappa shape index (κ2) is 8.44. The van der Waals surface area contributed by atoms with Gasteiger partial charge in [0.05, 0.1) is 17.2 Å². The van der Waals surface area contributed by atoms with Crippen LogP contribution in [0.4, 0.5) is 11.4 Å². The maximum Gasteiger partial charge on any atom is 0.269 e. The van der Waals surface area contributed by atoms with Crippen molar-refractivity contribution >= 4 is 23.5 Å². The largest absolute Gasteiger partial charge is 0.490 e. The summed E-state index contributed by atoms with van der Waals surface area (Å²) < 4.78 is 10.8. The Labute approximate surface area is 144 Å². The smallest absolute Gasteiger partial charge is 0.269 e. The highest BCUT2D eigenvalue weighted by atomic mass is 16.6. The van der Waals surface area contributed by atoms with E-state index in [2.05, 4.69) is 4.99 Å². The van der Waals surface area contributed by atoms with Crippen LogP contribution in [-0.2, 0) is 4.79 Å². The Hall–Kier alpha value is -3.42. The van der Waals surface area contributed by atoms with E-state index in [0.29, 0.717) is 23.8 Å². The molecule has 0 spiro atoms. The van der Waals surface area contributed by atoms with Gasteiger partial charge in [0.2, 0.25) is 0 Å². The molecule has 0 aliphatic carbocycles. The number of ether oxygens (including phenoxy) is 2. The van der Waals surface area contributed by atoms with Crippen molar-refractivity contribution in [3.63, 3.8) is 0 Å². The van der Waals surface area contributed by atoms with Gasteiger partial charge in [-0.15, -0.1) is 0 Å². The maximum absolute atomic E-state index is 10.8. The summed E-state index contributed by atoms with van der Waals surface area (Å²) in [5.74, 6) is 0.302. The van der Waals surface area contributed by atoms with Crippen LogP contribution in [-0.4, -0.2) is 30.3 Å². The minimum atomic E-state index is -0.578. The van der Waals surface area contributed by atoms with E-state index in [1.165, 1.54) is 12.1 Å². The van der Waals surface area contributed by atoms with E-state index in [4.69, 9.17) is 15.2 Å². The van der Waals surface area contributed by atoms with Gasteiger partial charge in [-0.1, -0.05) is 0 Å². The first-order valence-corrected chi connectivity index (χ1v) is 7.46. The Balaban J connectivity index is 2.16. The number of nitro groups is 1. The zero-order valence-electron chi connectivity index (χ0n) is 13.5. The number of non-ortho nitro benzene ring substituents is 1. The van der Waals surface area contributed by atoms with Gasteiger partial charge in [0, 0.05) is 18.3 Å². The van der Waals surface area contributed by atoms with Gasteiger partial charge in [0.15, 0.2) is 18.1 Å². The summed E-state index contributed by atoms with van der Waals surface area (Å²) in [6.07, 6.45) is 1.60. The summed E-state index contributed by atoms with van der Waals surface area (Å²) >= 11 is 0. The molecule has 0 heterocycles. The Morgan fingerprint density at radius 2 is 1.92 bits per heavy atom. The first-order valence-electron chi connectivity index (χ1n) is 7.46. The van der Waals surface area contributed by atoms with Crippen molar-refractivity contribution in [1.82, 2.24) is 0 Å². The SMILES string of the molecule is CCOc1cc(C=Nc2ccc([N+](=O)[O-])cc2)ccc1OCC(N)=O. The topological polar surface area (TPSA) is 117 Å². The van der Waals surface area contributed by atoms with Crippen LogP contribution >= 0.6 is 0 Å². The first kappa shape index (κ1) is 17.9. The zero-order chi connectivity index (χ0) is 18.2. The molecule has 0 saturated carbocycles. The zero-order valence-corrected chi connectivity index (χ0v) is 13.5. The Bertz CT molecular complexity index is 787. The molecular weight excluding hydrogens is 326 g/mol. The third-order valence-corrected chi connectivity index (χ3v) is 3.06. The lowest BCUT2D eigenvalue weighted by Crippen LogP contribution is -2.20. The van der Waals surface area contributed by atoms with Gasteiger partial charge in [0.25, 0.3) is 11.6 Å². The van der Waals surface area contributed by atoms with Gasteiger partial charge in [-0.3, -0.25) is 19.9 Å². The molecule has 25 heavy (non-hydrogen) atoms. The van der Waals surface area contributed by atoms with E-state index in [9.17, 15) is 14.9 Å². The summed E-state index contributed by atoms with van der Waals surface area (Å²) in [5, 5.41) is 10.6. The average molecular weight is 343 g/mol. The summed E-state index contributed by atoms with van der Waals surface area (Å²) in [4.78, 5) is 25.3. The molecule has 0 aliphatic rings. The van der Waals surface area contributed by atoms with E-state index in [1.807, 2.05) is 6.92 Å². The normalized spacial score (nSPS) is 10.6. The van der Waals surface area contributed by atoms with Crippen molar-refractivity contribution in [3.05, 3.63) is 58.1 Å². The second-order valence-corrected chi connectivity index (χ2v) is 4.93. The van der Waals surface area contributed by atoms with E-state index in [0.717, 1.165) is 5.56 Å². The fraction of sp³-hybridized carbons (Fsp3) is 0.176. The van der Waals surface area contributed by atoms with Crippen LogP contribution in [0.25, 0.3) is 0 Å². The van der Waals surface area contributed by atoms with E-state index in [1.54, 1.807) is 36.5 Å². The van der Waals surface area contributed by atoms with Crippen molar-refractivity contribution in [2.75, 3.05) is 13.2 Å². The van der Waals surface area contributed by atoms with Crippen molar-refractivity contribution in [1.29, 1.82) is 0 Å². The van der Waals surface area contributed by atoms with Crippen molar-refractivity contribution in [2.24, 2.45) is 10.7 Å². The van der Waals surface area contributed by atoms with Crippen molar-refractivity contribution in [2.45, 2.75) is 6.92 Å². The first-order chi connectivity index (χ1) is 12.0. The number of hydrogen-bond donors (Lipinski definition) is 1. The third kappa shape index (κ3) is 5.31. The van der Waals surface area contributed by atoms with Gasteiger partial charge in [-0.05, 0) is 42.8 Å². The molecule has 0 bridgehead atoms. The fourth-order valence-corrected chi connectivity index (χ4v) is 1.95. The third-order valence-electron chi connectivity index (χ3n) is 3.06. The molecule has 2 N–H and O–H groups in total. The van der Waals surface area contributed by atoms with Crippen LogP contribution in [0.1, 0.15) is 12.5 Å². The van der Waals surface area contributed by atoms with Gasteiger partial charge in [0.1, 0.15) is 0 Å². The lowest BCUT2D eigenvalue weighted by molar-refractivity contribution is -0.384. The van der Waals surface area contributed by atoms with E-state index < -0.39 is 10.8 Å². The minimum Gasteiger partial charge on any atom is -0.490 e. The summed E-state index contributed by atoms with van der Waals surface area (Å²) in [6.45, 7) is 2.02. The minimum absolute atomic E-state index is 0.00790. The van der Waals surface area contributed by atoms with Crippen LogP contribution < -0.4 is 15.2 Å². The number of carbonyl (C=O) groups is 1. The Morgan fingerprint density at radius 3 is 2.52 bits per heavy atom. The molecule has 0 fully saturated rings. The maximum atomic E-state index is 10.8. The molecule has 0 radical (unpaired) electrons. The molecule has 8 heteroatoms. The molecule has 0 aromatic heterocycles. The van der Waals surface area contributed by atoms with Crippen LogP contribution in [0.3, 0.4) is 0 Å². The van der Waals surface area contributed by atoms with E-state index >= 15 is 0 Å². The standard InChI is InChI=1S/C17H17N3O5/c1-2-24-16-9-12(3-8-15(16)25-11-17(18)21)10-19-13-4-6-14(7-5-13)20(22)23/h3-10H,2,11H2,1H3,(H2,18,21). The number of nitrogens with two attached hydrogens (primary N) is 1. The number of benzene rings is 2. The molecule has 0 unspecified atom stereocenters. The highest BCUT2D eigenvalue weighted by Crippen LogP contribution is 2.28. The number of primary amides is 1. The van der Waals surface area contributed by atoms with Crippen molar-refractivity contribution in [3.8, 4) is 11.5 Å². The average Bonchev–Trinajstić information content (AvgIpc) is 2.59. The van der Waals surface area contributed by atoms with Gasteiger partial charge in [-0.25, -0.2) is 0 Å². The monoisotopic (exact) mass is 343 g/mol.